The van der Waals surface area contributed by atoms with Gasteiger partial charge in [0.15, 0.2) is 5.78 Å². The minimum atomic E-state index is -0.481. The van der Waals surface area contributed by atoms with Crippen molar-refractivity contribution in [1.29, 1.82) is 0 Å². The zero-order valence-corrected chi connectivity index (χ0v) is 17.3. The first-order valence-electron chi connectivity index (χ1n) is 9.89. The van der Waals surface area contributed by atoms with E-state index in [1.165, 1.54) is 0 Å². The Morgan fingerprint density at radius 1 is 1.21 bits per heavy atom. The van der Waals surface area contributed by atoms with Crippen LogP contribution < -0.4 is 10.1 Å². The van der Waals surface area contributed by atoms with Crippen LogP contribution in [-0.2, 0) is 14.3 Å². The molecular weight excluding hydrogens is 354 g/mol. The second kappa shape index (κ2) is 7.82. The number of ketones is 1. The molecule has 5 heteroatoms. The molecule has 1 aromatic carbocycles. The van der Waals surface area contributed by atoms with Crippen LogP contribution in [0.15, 0.2) is 46.8 Å². The molecule has 0 radical (unpaired) electrons. The summed E-state index contributed by atoms with van der Waals surface area (Å²) >= 11 is 0. The molecule has 28 heavy (non-hydrogen) atoms. The molecule has 2 aliphatic rings. The summed E-state index contributed by atoms with van der Waals surface area (Å²) in [6, 6.07) is 7.59. The van der Waals surface area contributed by atoms with Gasteiger partial charge in [-0.15, -0.1) is 0 Å². The largest absolute Gasteiger partial charge is 0.496 e. The van der Waals surface area contributed by atoms with Crippen LogP contribution in [0.3, 0.4) is 0 Å². The second-order valence-corrected chi connectivity index (χ2v) is 8.10. The van der Waals surface area contributed by atoms with Gasteiger partial charge in [0.25, 0.3) is 0 Å². The van der Waals surface area contributed by atoms with Crippen molar-refractivity contribution in [1.82, 2.24) is 5.32 Å². The summed E-state index contributed by atoms with van der Waals surface area (Å²) in [5.74, 6) is -0.125. The molecule has 5 nitrogen and oxygen atoms in total. The molecule has 1 atom stereocenters. The number of carbonyl (C=O) groups excluding carboxylic acids is 2. The van der Waals surface area contributed by atoms with Crippen molar-refractivity contribution in [3.8, 4) is 5.75 Å². The molecule has 1 N–H and O–H groups in total. The van der Waals surface area contributed by atoms with Gasteiger partial charge in [0, 0.05) is 29.0 Å². The molecule has 3 rings (SSSR count). The minimum Gasteiger partial charge on any atom is -0.496 e. The van der Waals surface area contributed by atoms with Crippen molar-refractivity contribution in [2.24, 2.45) is 5.41 Å². The highest BCUT2D eigenvalue weighted by Gasteiger charge is 2.44. The molecule has 0 spiro atoms. The van der Waals surface area contributed by atoms with E-state index in [4.69, 9.17) is 9.47 Å². The van der Waals surface area contributed by atoms with Crippen molar-refractivity contribution in [3.63, 3.8) is 0 Å². The Morgan fingerprint density at radius 2 is 1.93 bits per heavy atom. The van der Waals surface area contributed by atoms with Crippen molar-refractivity contribution in [2.75, 3.05) is 13.7 Å². The first-order valence-corrected chi connectivity index (χ1v) is 9.89. The van der Waals surface area contributed by atoms with E-state index in [1.807, 2.05) is 31.2 Å². The number of esters is 1. The fourth-order valence-electron chi connectivity index (χ4n) is 4.29. The summed E-state index contributed by atoms with van der Waals surface area (Å²) in [6.07, 6.45) is 1.86. The average molecular weight is 383 g/mol. The van der Waals surface area contributed by atoms with Crippen LogP contribution in [0.2, 0.25) is 0 Å². The molecule has 1 aliphatic heterocycles. The van der Waals surface area contributed by atoms with Gasteiger partial charge in [0.2, 0.25) is 0 Å². The fourth-order valence-corrected chi connectivity index (χ4v) is 4.29. The molecule has 1 aliphatic carbocycles. The summed E-state index contributed by atoms with van der Waals surface area (Å²) in [5.41, 5.74) is 3.63. The Labute approximate surface area is 166 Å². The van der Waals surface area contributed by atoms with E-state index >= 15 is 0 Å². The van der Waals surface area contributed by atoms with E-state index < -0.39 is 5.92 Å². The lowest BCUT2D eigenvalue weighted by Gasteiger charge is -2.40. The molecule has 0 saturated carbocycles. The Morgan fingerprint density at radius 3 is 2.57 bits per heavy atom. The van der Waals surface area contributed by atoms with Crippen LogP contribution >= 0.6 is 0 Å². The summed E-state index contributed by atoms with van der Waals surface area (Å²) in [6.45, 7) is 8.28. The van der Waals surface area contributed by atoms with E-state index in [-0.39, 0.29) is 23.8 Å². The molecule has 0 amide bonds. The lowest BCUT2D eigenvalue weighted by atomic mass is 9.68. The number of para-hydroxylation sites is 1. The van der Waals surface area contributed by atoms with E-state index in [1.54, 1.807) is 14.0 Å². The fraction of sp³-hybridized carbons (Fsp3) is 0.478. The van der Waals surface area contributed by atoms with Crippen molar-refractivity contribution in [3.05, 3.63) is 52.4 Å². The van der Waals surface area contributed by atoms with Crippen molar-refractivity contribution < 1.29 is 19.1 Å². The lowest BCUT2D eigenvalue weighted by Crippen LogP contribution is -2.39. The Hall–Kier alpha value is -2.56. The van der Waals surface area contributed by atoms with Crippen LogP contribution in [-0.4, -0.2) is 25.5 Å². The van der Waals surface area contributed by atoms with Gasteiger partial charge in [-0.05, 0) is 31.2 Å². The first kappa shape index (κ1) is 20.2. The SMILES string of the molecule is CCOC(=O)C1=C(CC)NC2=C(C(=O)CC(C)(C)C2)C1c1ccccc1OC. The number of rotatable bonds is 5. The highest BCUT2D eigenvalue weighted by molar-refractivity contribution is 6.04. The average Bonchev–Trinajstić information content (AvgIpc) is 2.65. The molecule has 1 aromatic rings. The highest BCUT2D eigenvalue weighted by atomic mass is 16.5. The van der Waals surface area contributed by atoms with E-state index in [2.05, 4.69) is 19.2 Å². The van der Waals surface area contributed by atoms with Gasteiger partial charge in [0.05, 0.1) is 25.2 Å². The standard InChI is InChI=1S/C23H29NO4/c1-6-15-21(22(26)28-7-2)19(14-10-8-9-11-18(14)27-5)20-16(24-15)12-23(3,4)13-17(20)25/h8-11,19,24H,6-7,12-13H2,1-5H3. The summed E-state index contributed by atoms with van der Waals surface area (Å²) in [7, 11) is 1.61. The topological polar surface area (TPSA) is 64.6 Å². The molecule has 150 valence electrons. The van der Waals surface area contributed by atoms with Gasteiger partial charge in [-0.25, -0.2) is 4.79 Å². The first-order chi connectivity index (χ1) is 13.3. The van der Waals surface area contributed by atoms with Gasteiger partial charge in [0.1, 0.15) is 5.75 Å². The van der Waals surface area contributed by atoms with Crippen molar-refractivity contribution >= 4 is 11.8 Å². The van der Waals surface area contributed by atoms with E-state index in [0.29, 0.717) is 29.7 Å². The number of Topliss-reactive ketones (excluding diaryl/α,β-unsaturated/α-hetero) is 1. The van der Waals surface area contributed by atoms with E-state index in [9.17, 15) is 9.59 Å². The zero-order valence-electron chi connectivity index (χ0n) is 17.3. The Balaban J connectivity index is 2.26. The number of carbonyl (C=O) groups is 2. The molecule has 0 aromatic heterocycles. The monoisotopic (exact) mass is 383 g/mol. The minimum absolute atomic E-state index is 0.0756. The van der Waals surface area contributed by atoms with Gasteiger partial charge < -0.3 is 14.8 Å². The Kier molecular flexibility index (Phi) is 5.64. The molecule has 0 saturated heterocycles. The smallest absolute Gasteiger partial charge is 0.336 e. The maximum Gasteiger partial charge on any atom is 0.336 e. The summed E-state index contributed by atoms with van der Waals surface area (Å²) < 4.78 is 11.0. The van der Waals surface area contributed by atoms with Gasteiger partial charge >= 0.3 is 5.97 Å². The number of ether oxygens (including phenoxy) is 2. The number of hydrogen-bond donors (Lipinski definition) is 1. The van der Waals surface area contributed by atoms with Crippen LogP contribution in [0, 0.1) is 5.41 Å². The van der Waals surface area contributed by atoms with Crippen molar-refractivity contribution in [2.45, 2.75) is 52.9 Å². The van der Waals surface area contributed by atoms with Crippen LogP contribution in [0.5, 0.6) is 5.75 Å². The highest BCUT2D eigenvalue weighted by Crippen LogP contribution is 2.48. The number of benzene rings is 1. The second-order valence-electron chi connectivity index (χ2n) is 8.10. The maximum absolute atomic E-state index is 13.2. The number of nitrogens with one attached hydrogen (secondary N) is 1. The molecule has 0 bridgehead atoms. The quantitative estimate of drug-likeness (QED) is 0.770. The predicted molar refractivity (Wildman–Crippen MR) is 108 cm³/mol. The van der Waals surface area contributed by atoms with Gasteiger partial charge in [-0.2, -0.15) is 0 Å². The van der Waals surface area contributed by atoms with Crippen LogP contribution in [0.25, 0.3) is 0 Å². The number of allylic oxidation sites excluding steroid dienone is 3. The maximum atomic E-state index is 13.2. The third kappa shape index (κ3) is 3.58. The molecule has 0 fully saturated rings. The van der Waals surface area contributed by atoms with E-state index in [0.717, 1.165) is 23.4 Å². The number of methoxy groups -OCH3 is 1. The summed E-state index contributed by atoms with van der Waals surface area (Å²) in [5, 5.41) is 3.41. The molecule has 1 unspecified atom stereocenters. The Bertz CT molecular complexity index is 863. The zero-order chi connectivity index (χ0) is 20.5. The van der Waals surface area contributed by atoms with Crippen LogP contribution in [0.1, 0.15) is 58.4 Å². The van der Waals surface area contributed by atoms with Gasteiger partial charge in [-0.1, -0.05) is 39.0 Å². The molecule has 1 heterocycles. The third-order valence-corrected chi connectivity index (χ3v) is 5.42. The third-order valence-electron chi connectivity index (χ3n) is 5.42. The number of hydrogen-bond acceptors (Lipinski definition) is 5. The van der Waals surface area contributed by atoms with Gasteiger partial charge in [-0.3, -0.25) is 4.79 Å². The molecular formula is C23H29NO4. The lowest BCUT2D eigenvalue weighted by molar-refractivity contribution is -0.138. The predicted octanol–water partition coefficient (Wildman–Crippen LogP) is 4.25. The normalized spacial score (nSPS) is 21.2. The summed E-state index contributed by atoms with van der Waals surface area (Å²) in [4.78, 5) is 26.2. The number of dihydropyridines is 1. The van der Waals surface area contributed by atoms with Crippen LogP contribution in [0.4, 0.5) is 0 Å².